The van der Waals surface area contributed by atoms with Crippen LogP contribution in [0.15, 0.2) is 73.1 Å². The summed E-state index contributed by atoms with van der Waals surface area (Å²) in [6, 6.07) is 20.8. The Kier molecular flexibility index (Phi) is 6.39. The number of ketones is 1. The van der Waals surface area contributed by atoms with Crippen LogP contribution in [0, 0.1) is 27.7 Å². The Morgan fingerprint density at radius 3 is 2.16 bits per heavy atom. The van der Waals surface area contributed by atoms with Gasteiger partial charge in [0.1, 0.15) is 6.33 Å². The quantitative estimate of drug-likeness (QED) is 0.160. The highest BCUT2D eigenvalue weighted by Crippen LogP contribution is 2.42. The van der Waals surface area contributed by atoms with E-state index in [1.807, 2.05) is 94.4 Å². The maximum Gasteiger partial charge on any atom is 0.320 e. The van der Waals surface area contributed by atoms with E-state index in [0.29, 0.717) is 22.5 Å². The summed E-state index contributed by atoms with van der Waals surface area (Å²) in [5.41, 5.74) is 10.4. The van der Waals surface area contributed by atoms with E-state index in [2.05, 4.69) is 40.9 Å². The van der Waals surface area contributed by atoms with Crippen LogP contribution in [0.25, 0.3) is 22.2 Å². The Labute approximate surface area is 253 Å². The van der Waals surface area contributed by atoms with E-state index in [1.165, 1.54) is 0 Å². The molecule has 0 aliphatic heterocycles. The van der Waals surface area contributed by atoms with Gasteiger partial charge in [-0.15, -0.1) is 0 Å². The molecule has 6 aromatic rings. The number of aromatic hydroxyl groups is 1. The summed E-state index contributed by atoms with van der Waals surface area (Å²) in [7, 11) is 0. The smallest absolute Gasteiger partial charge is 0.320 e. The first kappa shape index (κ1) is 27.0. The lowest BCUT2D eigenvalue weighted by molar-refractivity contribution is 0.104. The molecule has 10 nitrogen and oxygen atoms in total. The molecule has 216 valence electrons. The molecular formula is C34H28N8O2. The van der Waals surface area contributed by atoms with Gasteiger partial charge in [-0.2, -0.15) is 15.0 Å². The van der Waals surface area contributed by atoms with Gasteiger partial charge in [0.15, 0.2) is 5.78 Å². The molecule has 10 heteroatoms. The van der Waals surface area contributed by atoms with E-state index < -0.39 is 6.01 Å². The van der Waals surface area contributed by atoms with E-state index in [9.17, 15) is 9.90 Å². The molecule has 2 aromatic heterocycles. The highest BCUT2D eigenvalue weighted by Gasteiger charge is 2.30. The minimum Gasteiger partial charge on any atom is -0.479 e. The monoisotopic (exact) mass is 580 g/mol. The second kappa shape index (κ2) is 10.4. The summed E-state index contributed by atoms with van der Waals surface area (Å²) < 4.78 is 0. The van der Waals surface area contributed by atoms with Crippen molar-refractivity contribution in [3.63, 3.8) is 0 Å². The number of anilines is 6. The van der Waals surface area contributed by atoms with E-state index >= 15 is 0 Å². The summed E-state index contributed by atoms with van der Waals surface area (Å²) in [5.74, 6) is 0.305. The summed E-state index contributed by atoms with van der Waals surface area (Å²) in [6.07, 6.45) is 1.55. The Bertz CT molecular complexity index is 2140. The molecule has 1 aliphatic carbocycles. The number of nitrogens with zero attached hydrogens (tertiary/aromatic N) is 5. The van der Waals surface area contributed by atoms with E-state index in [4.69, 9.17) is 0 Å². The van der Waals surface area contributed by atoms with Crippen LogP contribution in [0.3, 0.4) is 0 Å². The van der Waals surface area contributed by atoms with Crippen molar-refractivity contribution in [2.75, 3.05) is 16.0 Å². The number of benzene rings is 4. The zero-order valence-corrected chi connectivity index (χ0v) is 24.5. The molecule has 0 unspecified atom stereocenters. The molecule has 44 heavy (non-hydrogen) atoms. The number of rotatable bonds is 6. The molecule has 7 rings (SSSR count). The maximum absolute atomic E-state index is 13.9. The largest absolute Gasteiger partial charge is 0.479 e. The Morgan fingerprint density at radius 2 is 1.36 bits per heavy atom. The highest BCUT2D eigenvalue weighted by molar-refractivity contribution is 6.28. The fraction of sp³-hybridized carbons (Fsp3) is 0.118. The summed E-state index contributed by atoms with van der Waals surface area (Å²) >= 11 is 0. The van der Waals surface area contributed by atoms with Crippen molar-refractivity contribution in [2.24, 2.45) is 0 Å². The molecule has 4 N–H and O–H groups in total. The van der Waals surface area contributed by atoms with E-state index in [0.717, 1.165) is 55.8 Å². The molecule has 0 saturated carbocycles. The van der Waals surface area contributed by atoms with Crippen molar-refractivity contribution in [1.82, 2.24) is 24.9 Å². The number of nitrogens with one attached hydrogen (secondary N) is 3. The second-order valence-corrected chi connectivity index (χ2v) is 10.9. The molecular weight excluding hydrogens is 552 g/mol. The van der Waals surface area contributed by atoms with Crippen LogP contribution in [0.1, 0.15) is 38.2 Å². The summed E-state index contributed by atoms with van der Waals surface area (Å²) in [5, 5.41) is 20.9. The van der Waals surface area contributed by atoms with Crippen LogP contribution in [-0.2, 0) is 0 Å². The second-order valence-electron chi connectivity index (χ2n) is 10.9. The topological polar surface area (TPSA) is 138 Å². The number of fused-ring (bicyclic) bond motifs is 2. The molecule has 0 amide bonds. The summed E-state index contributed by atoms with van der Waals surface area (Å²) in [6.45, 7) is 7.95. The zero-order valence-electron chi connectivity index (χ0n) is 24.5. The highest BCUT2D eigenvalue weighted by atomic mass is 16.3. The Balaban J connectivity index is 1.24. The standard InChI is InChI=1S/C34H28N8O2/c1-17-9-10-18(2)24(13-17)39-33-40-32(41-34(44)42-33)37-21-12-11-19(3)25(15-21)38-26-14-20(4)29-28-27(26)31(43)23-8-6-5-7-22(23)30(28)36-16-35-29/h5-16,38H,1-4H3,(H3,37,39,40,41,42,44). The minimum absolute atomic E-state index is 0.0770. The molecule has 4 aromatic carbocycles. The molecule has 0 atom stereocenters. The van der Waals surface area contributed by atoms with Crippen LogP contribution < -0.4 is 16.0 Å². The van der Waals surface area contributed by atoms with Gasteiger partial charge < -0.3 is 21.1 Å². The number of carbonyl (C=O) groups is 1. The van der Waals surface area contributed by atoms with Crippen LogP contribution in [0.2, 0.25) is 0 Å². The number of carbonyl (C=O) groups excluding carboxylic acids is 1. The Morgan fingerprint density at radius 1 is 0.659 bits per heavy atom. The molecule has 0 saturated heterocycles. The lowest BCUT2D eigenvalue weighted by Crippen LogP contribution is -2.14. The van der Waals surface area contributed by atoms with Crippen molar-refractivity contribution in [2.45, 2.75) is 27.7 Å². The van der Waals surface area contributed by atoms with Crippen molar-refractivity contribution >= 4 is 51.3 Å². The third-order valence-electron chi connectivity index (χ3n) is 7.78. The first-order valence-electron chi connectivity index (χ1n) is 14.1. The molecule has 1 aliphatic rings. The fourth-order valence-corrected chi connectivity index (χ4v) is 5.55. The van der Waals surface area contributed by atoms with Gasteiger partial charge in [-0.3, -0.25) is 4.79 Å². The van der Waals surface area contributed by atoms with Crippen molar-refractivity contribution < 1.29 is 9.90 Å². The maximum atomic E-state index is 13.9. The van der Waals surface area contributed by atoms with Crippen molar-refractivity contribution in [3.8, 4) is 17.3 Å². The fourth-order valence-electron chi connectivity index (χ4n) is 5.55. The number of aromatic nitrogens is 5. The molecule has 2 heterocycles. The minimum atomic E-state index is -0.414. The molecule has 0 bridgehead atoms. The van der Waals surface area contributed by atoms with Crippen LogP contribution in [0.5, 0.6) is 6.01 Å². The van der Waals surface area contributed by atoms with Crippen LogP contribution in [0.4, 0.5) is 34.6 Å². The van der Waals surface area contributed by atoms with Crippen molar-refractivity contribution in [1.29, 1.82) is 0 Å². The SMILES string of the molecule is Cc1ccc(C)c(Nc2nc(O)nc(Nc3ccc(C)c(Nc4cc(C)c5ncnc6c5c4C(=O)c4ccccc4-6)c3)n2)c1. The number of hydrogen-bond acceptors (Lipinski definition) is 10. The molecule has 0 spiro atoms. The van der Waals surface area contributed by atoms with Crippen LogP contribution >= 0.6 is 0 Å². The van der Waals surface area contributed by atoms with Gasteiger partial charge in [0.25, 0.3) is 0 Å². The predicted octanol–water partition coefficient (Wildman–Crippen LogP) is 7.20. The molecule has 0 radical (unpaired) electrons. The van der Waals surface area contributed by atoms with E-state index in [-0.39, 0.29) is 17.7 Å². The van der Waals surface area contributed by atoms with E-state index in [1.54, 1.807) is 6.33 Å². The summed E-state index contributed by atoms with van der Waals surface area (Å²) in [4.78, 5) is 35.6. The van der Waals surface area contributed by atoms with Gasteiger partial charge in [-0.1, -0.05) is 42.5 Å². The molecule has 0 fully saturated rings. The van der Waals surface area contributed by atoms with Gasteiger partial charge in [0.05, 0.1) is 22.5 Å². The lowest BCUT2D eigenvalue weighted by Gasteiger charge is -2.23. The third-order valence-corrected chi connectivity index (χ3v) is 7.78. The van der Waals surface area contributed by atoms with Gasteiger partial charge in [-0.25, -0.2) is 9.97 Å². The average Bonchev–Trinajstić information content (AvgIpc) is 3.00. The zero-order chi connectivity index (χ0) is 30.5. The predicted molar refractivity (Wildman–Crippen MR) is 172 cm³/mol. The Hall–Kier alpha value is -5.90. The van der Waals surface area contributed by atoms with Gasteiger partial charge in [-0.05, 0) is 74.2 Å². The van der Waals surface area contributed by atoms with Gasteiger partial charge in [0, 0.05) is 33.6 Å². The number of aryl methyl sites for hydroxylation is 4. The van der Waals surface area contributed by atoms with Gasteiger partial charge >= 0.3 is 6.01 Å². The first-order chi connectivity index (χ1) is 21.2. The van der Waals surface area contributed by atoms with Crippen molar-refractivity contribution in [3.05, 3.63) is 106 Å². The average molecular weight is 581 g/mol. The number of hydrogen-bond donors (Lipinski definition) is 4. The van der Waals surface area contributed by atoms with Gasteiger partial charge in [0.2, 0.25) is 11.9 Å². The third kappa shape index (κ3) is 4.72. The lowest BCUT2D eigenvalue weighted by atomic mass is 9.85. The normalized spacial score (nSPS) is 11.8. The first-order valence-corrected chi connectivity index (χ1v) is 14.1. The van der Waals surface area contributed by atoms with Crippen LogP contribution in [-0.4, -0.2) is 35.8 Å².